The molecular weight excluding hydrogens is 424 g/mol. The van der Waals surface area contributed by atoms with Gasteiger partial charge in [0.05, 0.1) is 12.0 Å². The standard InChI is InChI=1S/C22H21ClN2O4S/c1-25(15-16-6-10-20(29-2)11-7-16)22(26)17-4-3-5-19(14-17)24-30(27,28)21-12-8-18(23)9-13-21/h3-14,24H,15H2,1-2H3. The zero-order valence-corrected chi connectivity index (χ0v) is 18.1. The van der Waals surface area contributed by atoms with Crippen LogP contribution in [0.3, 0.4) is 0 Å². The van der Waals surface area contributed by atoms with Crippen LogP contribution < -0.4 is 9.46 Å². The Morgan fingerprint density at radius 2 is 1.70 bits per heavy atom. The number of nitrogens with one attached hydrogen (secondary N) is 1. The summed E-state index contributed by atoms with van der Waals surface area (Å²) >= 11 is 5.82. The summed E-state index contributed by atoms with van der Waals surface area (Å²) in [6.07, 6.45) is 0. The second kappa shape index (κ2) is 9.19. The van der Waals surface area contributed by atoms with Crippen LogP contribution >= 0.6 is 11.6 Å². The summed E-state index contributed by atoms with van der Waals surface area (Å²) in [5.41, 5.74) is 1.63. The Hall–Kier alpha value is -3.03. The summed E-state index contributed by atoms with van der Waals surface area (Å²) in [5, 5.41) is 0.446. The maximum Gasteiger partial charge on any atom is 0.261 e. The second-order valence-electron chi connectivity index (χ2n) is 6.65. The van der Waals surface area contributed by atoms with E-state index >= 15 is 0 Å². The van der Waals surface area contributed by atoms with Crippen molar-refractivity contribution in [2.24, 2.45) is 0 Å². The van der Waals surface area contributed by atoms with Crippen molar-refractivity contribution < 1.29 is 17.9 Å². The Kier molecular flexibility index (Phi) is 6.64. The number of ether oxygens (including phenoxy) is 1. The van der Waals surface area contributed by atoms with Crippen LogP contribution in [-0.4, -0.2) is 33.4 Å². The van der Waals surface area contributed by atoms with E-state index in [4.69, 9.17) is 16.3 Å². The number of halogens is 1. The summed E-state index contributed by atoms with van der Waals surface area (Å²) in [4.78, 5) is 14.5. The van der Waals surface area contributed by atoms with Crippen molar-refractivity contribution in [2.75, 3.05) is 18.9 Å². The summed E-state index contributed by atoms with van der Waals surface area (Å²) in [5.74, 6) is 0.520. The van der Waals surface area contributed by atoms with Gasteiger partial charge in [0.15, 0.2) is 0 Å². The van der Waals surface area contributed by atoms with Gasteiger partial charge in [-0.2, -0.15) is 0 Å². The molecule has 3 aromatic carbocycles. The predicted octanol–water partition coefficient (Wildman–Crippen LogP) is 4.42. The summed E-state index contributed by atoms with van der Waals surface area (Å²) < 4.78 is 32.8. The molecule has 0 saturated heterocycles. The molecule has 0 heterocycles. The Bertz CT molecular complexity index is 1130. The van der Waals surface area contributed by atoms with E-state index in [9.17, 15) is 13.2 Å². The number of sulfonamides is 1. The number of nitrogens with zero attached hydrogens (tertiary/aromatic N) is 1. The molecule has 1 N–H and O–H groups in total. The zero-order valence-electron chi connectivity index (χ0n) is 16.5. The van der Waals surface area contributed by atoms with Gasteiger partial charge in [-0.05, 0) is 60.2 Å². The highest BCUT2D eigenvalue weighted by atomic mass is 35.5. The first-order chi connectivity index (χ1) is 14.3. The van der Waals surface area contributed by atoms with E-state index in [1.54, 1.807) is 37.3 Å². The van der Waals surface area contributed by atoms with Crippen molar-refractivity contribution >= 4 is 33.2 Å². The van der Waals surface area contributed by atoms with Crippen LogP contribution in [-0.2, 0) is 16.6 Å². The smallest absolute Gasteiger partial charge is 0.261 e. The minimum Gasteiger partial charge on any atom is -0.497 e. The average Bonchev–Trinajstić information content (AvgIpc) is 2.74. The molecule has 0 spiro atoms. The number of rotatable bonds is 7. The molecule has 6 nitrogen and oxygen atoms in total. The molecule has 3 rings (SSSR count). The molecule has 8 heteroatoms. The van der Waals surface area contributed by atoms with E-state index in [1.807, 2.05) is 24.3 Å². The fraction of sp³-hybridized carbons (Fsp3) is 0.136. The van der Waals surface area contributed by atoms with E-state index in [0.29, 0.717) is 22.8 Å². The van der Waals surface area contributed by atoms with Gasteiger partial charge in [0.1, 0.15) is 5.75 Å². The van der Waals surface area contributed by atoms with Gasteiger partial charge in [0, 0.05) is 29.9 Å². The van der Waals surface area contributed by atoms with E-state index in [2.05, 4.69) is 4.72 Å². The lowest BCUT2D eigenvalue weighted by Crippen LogP contribution is -2.26. The van der Waals surface area contributed by atoms with Gasteiger partial charge < -0.3 is 9.64 Å². The summed E-state index contributed by atoms with van der Waals surface area (Å²) in [7, 11) is -0.506. The number of benzene rings is 3. The van der Waals surface area contributed by atoms with Gasteiger partial charge in [-0.3, -0.25) is 9.52 Å². The van der Waals surface area contributed by atoms with E-state index in [0.717, 1.165) is 11.3 Å². The zero-order chi connectivity index (χ0) is 21.7. The Balaban J connectivity index is 1.73. The number of amides is 1. The molecule has 0 unspecified atom stereocenters. The highest BCUT2D eigenvalue weighted by Crippen LogP contribution is 2.20. The lowest BCUT2D eigenvalue weighted by Gasteiger charge is -2.18. The molecule has 0 aliphatic carbocycles. The Morgan fingerprint density at radius 1 is 1.03 bits per heavy atom. The number of carbonyl (C=O) groups excluding carboxylic acids is 1. The van der Waals surface area contributed by atoms with Crippen molar-refractivity contribution in [2.45, 2.75) is 11.4 Å². The number of hydrogen-bond acceptors (Lipinski definition) is 4. The minimum absolute atomic E-state index is 0.0836. The molecule has 156 valence electrons. The number of carbonyl (C=O) groups is 1. The minimum atomic E-state index is -3.79. The number of hydrogen-bond donors (Lipinski definition) is 1. The van der Waals surface area contributed by atoms with Gasteiger partial charge >= 0.3 is 0 Å². The molecule has 0 aromatic heterocycles. The van der Waals surface area contributed by atoms with Gasteiger partial charge in [-0.1, -0.05) is 29.8 Å². The molecule has 0 saturated carbocycles. The third-order valence-electron chi connectivity index (χ3n) is 4.41. The van der Waals surface area contributed by atoms with Crippen LogP contribution in [0.25, 0.3) is 0 Å². The van der Waals surface area contributed by atoms with Crippen LogP contribution in [0.2, 0.25) is 5.02 Å². The first-order valence-electron chi connectivity index (χ1n) is 9.05. The normalized spacial score (nSPS) is 11.0. The van der Waals surface area contributed by atoms with Crippen molar-refractivity contribution in [1.29, 1.82) is 0 Å². The lowest BCUT2D eigenvalue weighted by molar-refractivity contribution is 0.0785. The van der Waals surface area contributed by atoms with E-state index < -0.39 is 10.0 Å². The van der Waals surface area contributed by atoms with Gasteiger partial charge in [-0.25, -0.2) is 8.42 Å². The molecule has 0 aliphatic heterocycles. The fourth-order valence-electron chi connectivity index (χ4n) is 2.84. The first kappa shape index (κ1) is 21.7. The molecule has 30 heavy (non-hydrogen) atoms. The maximum absolute atomic E-state index is 12.8. The predicted molar refractivity (Wildman–Crippen MR) is 117 cm³/mol. The molecule has 1 amide bonds. The maximum atomic E-state index is 12.8. The van der Waals surface area contributed by atoms with Gasteiger partial charge in [0.2, 0.25) is 0 Å². The quantitative estimate of drug-likeness (QED) is 0.585. The first-order valence-corrected chi connectivity index (χ1v) is 10.9. The Labute approximate surface area is 181 Å². The molecule has 0 bridgehead atoms. The molecular formula is C22H21ClN2O4S. The third kappa shape index (κ3) is 5.31. The third-order valence-corrected chi connectivity index (χ3v) is 6.06. The molecule has 0 radical (unpaired) electrons. The summed E-state index contributed by atoms with van der Waals surface area (Å²) in [6.45, 7) is 0.406. The largest absolute Gasteiger partial charge is 0.497 e. The molecule has 0 aliphatic rings. The molecule has 0 fully saturated rings. The van der Waals surface area contributed by atoms with Crippen molar-refractivity contribution in [3.63, 3.8) is 0 Å². The van der Waals surface area contributed by atoms with Crippen molar-refractivity contribution in [3.8, 4) is 5.75 Å². The molecule has 3 aromatic rings. The molecule has 0 atom stereocenters. The topological polar surface area (TPSA) is 75.7 Å². The van der Waals surface area contributed by atoms with Crippen LogP contribution in [0.5, 0.6) is 5.75 Å². The van der Waals surface area contributed by atoms with Gasteiger partial charge in [0.25, 0.3) is 15.9 Å². The fourth-order valence-corrected chi connectivity index (χ4v) is 4.02. The van der Waals surface area contributed by atoms with Gasteiger partial charge in [-0.15, -0.1) is 0 Å². The van der Waals surface area contributed by atoms with E-state index in [-0.39, 0.29) is 10.8 Å². The SMILES string of the molecule is COc1ccc(CN(C)C(=O)c2cccc(NS(=O)(=O)c3ccc(Cl)cc3)c2)cc1. The second-order valence-corrected chi connectivity index (χ2v) is 8.77. The van der Waals surface area contributed by atoms with Crippen LogP contribution in [0.1, 0.15) is 15.9 Å². The highest BCUT2D eigenvalue weighted by Gasteiger charge is 2.17. The monoisotopic (exact) mass is 444 g/mol. The van der Waals surface area contributed by atoms with Crippen LogP contribution in [0.4, 0.5) is 5.69 Å². The highest BCUT2D eigenvalue weighted by molar-refractivity contribution is 7.92. The van der Waals surface area contributed by atoms with Crippen LogP contribution in [0, 0.1) is 0 Å². The van der Waals surface area contributed by atoms with Crippen LogP contribution in [0.15, 0.2) is 77.7 Å². The average molecular weight is 445 g/mol. The van der Waals surface area contributed by atoms with E-state index in [1.165, 1.54) is 30.3 Å². The number of methoxy groups -OCH3 is 1. The van der Waals surface area contributed by atoms with Crippen molar-refractivity contribution in [1.82, 2.24) is 4.90 Å². The lowest BCUT2D eigenvalue weighted by atomic mass is 10.1. The Morgan fingerprint density at radius 3 is 2.33 bits per heavy atom. The number of anilines is 1. The van der Waals surface area contributed by atoms with Crippen molar-refractivity contribution in [3.05, 3.63) is 88.9 Å². The summed E-state index contributed by atoms with van der Waals surface area (Å²) in [6, 6.07) is 19.7.